The van der Waals surface area contributed by atoms with E-state index in [0.29, 0.717) is 12.2 Å². The molecule has 5 heteroatoms. The van der Waals surface area contributed by atoms with Crippen molar-refractivity contribution in [3.05, 3.63) is 70.5 Å². The molecule has 1 aliphatic heterocycles. The van der Waals surface area contributed by atoms with Crippen LogP contribution in [-0.4, -0.2) is 40.1 Å². The first-order valence-corrected chi connectivity index (χ1v) is 7.08. The molecule has 22 heavy (non-hydrogen) atoms. The summed E-state index contributed by atoms with van der Waals surface area (Å²) in [6.45, 7) is 0.256. The number of amides is 1. The fraction of sp³-hybridized carbons (Fsp3) is 0.176. The van der Waals surface area contributed by atoms with Crippen LogP contribution in [0.3, 0.4) is 0 Å². The molecule has 2 aromatic rings. The zero-order valence-corrected chi connectivity index (χ0v) is 11.9. The lowest BCUT2D eigenvalue weighted by Crippen LogP contribution is -2.40. The van der Waals surface area contributed by atoms with Gasteiger partial charge in [-0.25, -0.2) is 0 Å². The summed E-state index contributed by atoms with van der Waals surface area (Å²) in [7, 11) is 0. The first-order valence-electron chi connectivity index (χ1n) is 7.08. The van der Waals surface area contributed by atoms with Crippen LogP contribution in [0.2, 0.25) is 0 Å². The Labute approximate surface area is 127 Å². The molecule has 2 N–H and O–H groups in total. The number of aliphatic hydroxyl groups excluding tert-OH is 1. The number of hydrogen-bond acceptors (Lipinski definition) is 3. The maximum Gasteiger partial charge on any atom is 0.261 e. The summed E-state index contributed by atoms with van der Waals surface area (Å²) in [4.78, 5) is 28.9. The molecule has 0 bridgehead atoms. The van der Waals surface area contributed by atoms with E-state index in [0.717, 1.165) is 5.56 Å². The van der Waals surface area contributed by atoms with Crippen molar-refractivity contribution in [2.24, 2.45) is 0 Å². The minimum Gasteiger partial charge on any atom is -0.394 e. The third-order valence-electron chi connectivity index (χ3n) is 3.73. The zero-order valence-electron chi connectivity index (χ0n) is 11.9. The van der Waals surface area contributed by atoms with Gasteiger partial charge in [-0.05, 0) is 17.7 Å². The molecule has 0 aliphatic carbocycles. The minimum atomic E-state index is -0.421. The van der Waals surface area contributed by atoms with Crippen molar-refractivity contribution in [1.82, 2.24) is 9.88 Å². The van der Waals surface area contributed by atoms with E-state index in [-0.39, 0.29) is 24.1 Å². The van der Waals surface area contributed by atoms with Crippen molar-refractivity contribution in [1.29, 1.82) is 0 Å². The zero-order chi connectivity index (χ0) is 15.5. The van der Waals surface area contributed by atoms with Gasteiger partial charge in [0.15, 0.2) is 0 Å². The monoisotopic (exact) mass is 296 g/mol. The Morgan fingerprint density at radius 2 is 2.00 bits per heavy atom. The fourth-order valence-electron chi connectivity index (χ4n) is 2.55. The number of hydrogen-bond donors (Lipinski definition) is 2. The molecular formula is C17H16N2O3. The van der Waals surface area contributed by atoms with E-state index in [1.807, 2.05) is 36.4 Å². The van der Waals surface area contributed by atoms with Crippen LogP contribution in [0, 0.1) is 0 Å². The number of nitrogens with zero attached hydrogens (tertiary/aromatic N) is 1. The van der Waals surface area contributed by atoms with Crippen LogP contribution in [0.25, 0.3) is 11.3 Å². The van der Waals surface area contributed by atoms with Gasteiger partial charge in [-0.2, -0.15) is 0 Å². The standard InChI is InChI=1S/C17H16N2O3/c20-11-13-7-4-10-19(13)17(22)14-8-9-15(18-16(14)21)12-5-2-1-3-6-12/h1-9,13,20H,10-11H2,(H,18,21). The highest BCUT2D eigenvalue weighted by molar-refractivity contribution is 5.94. The van der Waals surface area contributed by atoms with Gasteiger partial charge in [0.2, 0.25) is 0 Å². The summed E-state index contributed by atoms with van der Waals surface area (Å²) in [6.07, 6.45) is 3.58. The van der Waals surface area contributed by atoms with Crippen molar-refractivity contribution < 1.29 is 9.90 Å². The highest BCUT2D eigenvalue weighted by atomic mass is 16.3. The number of aliphatic hydroxyl groups is 1. The second-order valence-electron chi connectivity index (χ2n) is 5.12. The Morgan fingerprint density at radius 3 is 2.68 bits per heavy atom. The summed E-state index contributed by atoms with van der Waals surface area (Å²) >= 11 is 0. The van der Waals surface area contributed by atoms with Crippen LogP contribution in [-0.2, 0) is 0 Å². The van der Waals surface area contributed by atoms with Gasteiger partial charge >= 0.3 is 0 Å². The number of aromatic nitrogens is 1. The molecule has 1 atom stereocenters. The van der Waals surface area contributed by atoms with Crippen LogP contribution >= 0.6 is 0 Å². The second-order valence-corrected chi connectivity index (χ2v) is 5.12. The Kier molecular flexibility index (Phi) is 3.89. The summed E-state index contributed by atoms with van der Waals surface area (Å²) in [5.74, 6) is -0.370. The number of pyridine rings is 1. The normalized spacial score (nSPS) is 17.0. The SMILES string of the molecule is O=C(c1ccc(-c2ccccc2)[nH]c1=O)N1CC=CC1CO. The highest BCUT2D eigenvalue weighted by Gasteiger charge is 2.26. The molecule has 1 aromatic heterocycles. The van der Waals surface area contributed by atoms with Crippen molar-refractivity contribution in [2.75, 3.05) is 13.2 Å². The summed E-state index contributed by atoms with van der Waals surface area (Å²) in [5, 5.41) is 9.26. The molecule has 5 nitrogen and oxygen atoms in total. The van der Waals surface area contributed by atoms with Gasteiger partial charge in [0.1, 0.15) is 5.56 Å². The summed E-state index contributed by atoms with van der Waals surface area (Å²) in [6, 6.07) is 12.3. The minimum absolute atomic E-state index is 0.0850. The lowest BCUT2D eigenvalue weighted by Gasteiger charge is -2.22. The molecule has 0 spiro atoms. The second kappa shape index (κ2) is 5.99. The predicted octanol–water partition coefficient (Wildman–Crippen LogP) is 1.41. The largest absolute Gasteiger partial charge is 0.394 e. The molecule has 1 aliphatic rings. The Balaban J connectivity index is 1.90. The van der Waals surface area contributed by atoms with Gasteiger partial charge in [0, 0.05) is 12.2 Å². The predicted molar refractivity (Wildman–Crippen MR) is 83.5 cm³/mol. The fourth-order valence-corrected chi connectivity index (χ4v) is 2.55. The molecule has 1 unspecified atom stereocenters. The van der Waals surface area contributed by atoms with E-state index >= 15 is 0 Å². The molecule has 0 saturated heterocycles. The van der Waals surface area contributed by atoms with Gasteiger partial charge < -0.3 is 15.0 Å². The van der Waals surface area contributed by atoms with E-state index in [2.05, 4.69) is 4.98 Å². The first-order chi connectivity index (χ1) is 10.7. The molecule has 2 heterocycles. The van der Waals surface area contributed by atoms with E-state index in [1.165, 1.54) is 11.0 Å². The third-order valence-corrected chi connectivity index (χ3v) is 3.73. The molecule has 0 fully saturated rings. The lowest BCUT2D eigenvalue weighted by atomic mass is 10.1. The highest BCUT2D eigenvalue weighted by Crippen LogP contribution is 2.16. The number of aromatic amines is 1. The number of carbonyl (C=O) groups excluding carboxylic acids is 1. The van der Waals surface area contributed by atoms with Gasteiger partial charge in [-0.15, -0.1) is 0 Å². The smallest absolute Gasteiger partial charge is 0.261 e. The van der Waals surface area contributed by atoms with Gasteiger partial charge in [-0.3, -0.25) is 9.59 Å². The number of nitrogens with one attached hydrogen (secondary N) is 1. The van der Waals surface area contributed by atoms with Crippen LogP contribution in [0.1, 0.15) is 10.4 Å². The first kappa shape index (κ1) is 14.3. The molecule has 112 valence electrons. The average Bonchev–Trinajstić information content (AvgIpc) is 3.03. The van der Waals surface area contributed by atoms with E-state index in [4.69, 9.17) is 0 Å². The summed E-state index contributed by atoms with van der Waals surface area (Å²) < 4.78 is 0. The van der Waals surface area contributed by atoms with Crippen molar-refractivity contribution >= 4 is 5.91 Å². The average molecular weight is 296 g/mol. The number of rotatable bonds is 3. The van der Waals surface area contributed by atoms with Crippen LogP contribution in [0.4, 0.5) is 0 Å². The maximum atomic E-state index is 12.4. The molecule has 0 saturated carbocycles. The molecular weight excluding hydrogens is 280 g/mol. The molecule has 0 radical (unpaired) electrons. The van der Waals surface area contributed by atoms with E-state index in [9.17, 15) is 14.7 Å². The van der Waals surface area contributed by atoms with E-state index < -0.39 is 5.56 Å². The molecule has 3 rings (SSSR count). The van der Waals surface area contributed by atoms with Gasteiger partial charge in [0.25, 0.3) is 11.5 Å². The van der Waals surface area contributed by atoms with Gasteiger partial charge in [0.05, 0.1) is 12.6 Å². The van der Waals surface area contributed by atoms with E-state index in [1.54, 1.807) is 12.1 Å². The van der Waals surface area contributed by atoms with Crippen LogP contribution in [0.15, 0.2) is 59.4 Å². The van der Waals surface area contributed by atoms with Crippen molar-refractivity contribution in [3.63, 3.8) is 0 Å². The van der Waals surface area contributed by atoms with Crippen LogP contribution < -0.4 is 5.56 Å². The van der Waals surface area contributed by atoms with Crippen molar-refractivity contribution in [2.45, 2.75) is 6.04 Å². The quantitative estimate of drug-likeness (QED) is 0.841. The van der Waals surface area contributed by atoms with Crippen molar-refractivity contribution in [3.8, 4) is 11.3 Å². The number of H-pyrrole nitrogens is 1. The van der Waals surface area contributed by atoms with Crippen LogP contribution in [0.5, 0.6) is 0 Å². The third kappa shape index (κ3) is 2.58. The Morgan fingerprint density at radius 1 is 1.23 bits per heavy atom. The Bertz CT molecular complexity index is 765. The maximum absolute atomic E-state index is 12.4. The number of carbonyl (C=O) groups is 1. The lowest BCUT2D eigenvalue weighted by molar-refractivity contribution is 0.0698. The van der Waals surface area contributed by atoms with Gasteiger partial charge in [-0.1, -0.05) is 42.5 Å². The Hall–Kier alpha value is -2.66. The molecule has 1 amide bonds. The topological polar surface area (TPSA) is 73.4 Å². The summed E-state index contributed by atoms with van der Waals surface area (Å²) in [5.41, 5.74) is 1.21. The number of benzene rings is 1. The molecule has 1 aromatic carbocycles.